The molecule has 3 aromatic carbocycles. The van der Waals surface area contributed by atoms with E-state index in [1.807, 2.05) is 55.1 Å². The third-order valence-corrected chi connectivity index (χ3v) is 8.40. The Balaban J connectivity index is 1.22. The smallest absolute Gasteiger partial charge is 0.325 e. The molecule has 8 heteroatoms. The van der Waals surface area contributed by atoms with Gasteiger partial charge in [0.2, 0.25) is 0 Å². The summed E-state index contributed by atoms with van der Waals surface area (Å²) in [4.78, 5) is 32.9. The van der Waals surface area contributed by atoms with E-state index in [1.165, 1.54) is 16.8 Å². The van der Waals surface area contributed by atoms with Crippen molar-refractivity contribution in [3.63, 3.8) is 0 Å². The molecule has 2 bridgehead atoms. The van der Waals surface area contributed by atoms with Gasteiger partial charge in [-0.2, -0.15) is 0 Å². The SMILES string of the molecule is CCOc1cccc2c1OC1(C)CC2NC(=O)N1c1cccc(C(=O)N2CCN(c3cccc(C)c3C)CC2)c1. The summed E-state index contributed by atoms with van der Waals surface area (Å²) in [7, 11) is 0. The Morgan fingerprint density at radius 3 is 2.58 bits per heavy atom. The average Bonchev–Trinajstić information content (AvgIpc) is 2.95. The van der Waals surface area contributed by atoms with E-state index in [1.54, 1.807) is 11.0 Å². The van der Waals surface area contributed by atoms with E-state index < -0.39 is 5.72 Å². The van der Waals surface area contributed by atoms with Crippen LogP contribution in [0.25, 0.3) is 0 Å². The number of carbonyl (C=O) groups excluding carboxylic acids is 2. The molecule has 3 heterocycles. The molecule has 2 unspecified atom stereocenters. The molecule has 2 atom stereocenters. The Labute approximate surface area is 235 Å². The van der Waals surface area contributed by atoms with E-state index >= 15 is 0 Å². The number of urea groups is 1. The van der Waals surface area contributed by atoms with Crippen molar-refractivity contribution >= 4 is 23.3 Å². The van der Waals surface area contributed by atoms with Crippen LogP contribution in [0, 0.1) is 13.8 Å². The van der Waals surface area contributed by atoms with Gasteiger partial charge >= 0.3 is 6.03 Å². The molecule has 2 fully saturated rings. The highest BCUT2D eigenvalue weighted by Gasteiger charge is 2.50. The third-order valence-electron chi connectivity index (χ3n) is 8.40. The van der Waals surface area contributed by atoms with E-state index in [0.717, 1.165) is 18.7 Å². The van der Waals surface area contributed by atoms with Gasteiger partial charge in [-0.3, -0.25) is 9.69 Å². The summed E-state index contributed by atoms with van der Waals surface area (Å²) in [5, 5.41) is 3.14. The van der Waals surface area contributed by atoms with Gasteiger partial charge in [0.25, 0.3) is 5.91 Å². The lowest BCUT2D eigenvalue weighted by atomic mass is 9.89. The second kappa shape index (κ2) is 10.1. The number of nitrogens with one attached hydrogen (secondary N) is 1. The van der Waals surface area contributed by atoms with Crippen molar-refractivity contribution in [1.29, 1.82) is 0 Å². The minimum atomic E-state index is -0.938. The maximum Gasteiger partial charge on any atom is 0.325 e. The molecule has 0 aliphatic carbocycles. The average molecular weight is 541 g/mol. The van der Waals surface area contributed by atoms with Crippen molar-refractivity contribution in [2.45, 2.75) is 45.9 Å². The second-order valence-corrected chi connectivity index (χ2v) is 11.0. The van der Waals surface area contributed by atoms with Crippen LogP contribution in [0.2, 0.25) is 0 Å². The number of anilines is 2. The Bertz CT molecular complexity index is 1470. The number of hydrogen-bond donors (Lipinski definition) is 1. The highest BCUT2D eigenvalue weighted by Crippen LogP contribution is 2.49. The first-order chi connectivity index (χ1) is 19.3. The lowest BCUT2D eigenvalue weighted by Crippen LogP contribution is -2.65. The number of ether oxygens (including phenoxy) is 2. The summed E-state index contributed by atoms with van der Waals surface area (Å²) in [6.07, 6.45) is 0.569. The number of piperazine rings is 1. The Kier molecular flexibility index (Phi) is 6.56. The van der Waals surface area contributed by atoms with Crippen LogP contribution >= 0.6 is 0 Å². The lowest BCUT2D eigenvalue weighted by Gasteiger charge is -2.50. The van der Waals surface area contributed by atoms with Crippen molar-refractivity contribution in [2.75, 3.05) is 42.6 Å². The van der Waals surface area contributed by atoms with Gasteiger partial charge in [-0.25, -0.2) is 4.79 Å². The summed E-state index contributed by atoms with van der Waals surface area (Å²) in [5.74, 6) is 1.29. The van der Waals surface area contributed by atoms with E-state index in [4.69, 9.17) is 9.47 Å². The molecule has 2 saturated heterocycles. The third kappa shape index (κ3) is 4.41. The molecule has 1 N–H and O–H groups in total. The zero-order valence-corrected chi connectivity index (χ0v) is 23.6. The first-order valence-electron chi connectivity index (χ1n) is 14.0. The summed E-state index contributed by atoms with van der Waals surface area (Å²) < 4.78 is 12.4. The predicted octanol–water partition coefficient (Wildman–Crippen LogP) is 5.43. The van der Waals surface area contributed by atoms with Crippen LogP contribution in [0.4, 0.5) is 16.2 Å². The normalized spacial score (nSPS) is 21.9. The van der Waals surface area contributed by atoms with Gasteiger partial charge in [0.1, 0.15) is 0 Å². The molecule has 8 nitrogen and oxygen atoms in total. The molecule has 40 heavy (non-hydrogen) atoms. The minimum absolute atomic E-state index is 0.0311. The van der Waals surface area contributed by atoms with Crippen LogP contribution in [-0.4, -0.2) is 55.3 Å². The Morgan fingerprint density at radius 2 is 1.80 bits per heavy atom. The van der Waals surface area contributed by atoms with Crippen LogP contribution in [0.5, 0.6) is 11.5 Å². The van der Waals surface area contributed by atoms with Crippen molar-refractivity contribution in [3.8, 4) is 11.5 Å². The van der Waals surface area contributed by atoms with Crippen LogP contribution in [0.1, 0.15) is 53.4 Å². The van der Waals surface area contributed by atoms with Gasteiger partial charge in [-0.05, 0) is 69.2 Å². The molecule has 3 aromatic rings. The van der Waals surface area contributed by atoms with Gasteiger partial charge in [0.15, 0.2) is 17.2 Å². The molecular formula is C32H36N4O4. The van der Waals surface area contributed by atoms with Gasteiger partial charge < -0.3 is 24.6 Å². The van der Waals surface area contributed by atoms with Crippen LogP contribution < -0.4 is 24.6 Å². The molecule has 0 saturated carbocycles. The second-order valence-electron chi connectivity index (χ2n) is 11.0. The van der Waals surface area contributed by atoms with Gasteiger partial charge in [-0.15, -0.1) is 0 Å². The summed E-state index contributed by atoms with van der Waals surface area (Å²) in [6.45, 7) is 11.5. The maximum atomic E-state index is 13.6. The molecule has 3 amide bonds. The number of fused-ring (bicyclic) bond motifs is 4. The van der Waals surface area contributed by atoms with Crippen LogP contribution in [0.15, 0.2) is 60.7 Å². The van der Waals surface area contributed by atoms with Gasteiger partial charge in [0.05, 0.1) is 18.3 Å². The largest absolute Gasteiger partial charge is 0.490 e. The number of hydrogen-bond acceptors (Lipinski definition) is 5. The molecule has 6 rings (SSSR count). The topological polar surface area (TPSA) is 74.3 Å². The zero-order valence-electron chi connectivity index (χ0n) is 23.6. The fraction of sp³-hybridized carbons (Fsp3) is 0.375. The zero-order chi connectivity index (χ0) is 28.0. The van der Waals surface area contributed by atoms with Gasteiger partial charge in [-0.1, -0.05) is 30.3 Å². The maximum absolute atomic E-state index is 13.6. The molecule has 3 aliphatic rings. The van der Waals surface area contributed by atoms with E-state index in [0.29, 0.717) is 48.9 Å². The minimum Gasteiger partial charge on any atom is -0.490 e. The first kappa shape index (κ1) is 26.0. The lowest BCUT2D eigenvalue weighted by molar-refractivity contribution is 0.0343. The summed E-state index contributed by atoms with van der Waals surface area (Å²) in [5.41, 5.74) is 4.95. The summed E-state index contributed by atoms with van der Waals surface area (Å²) in [6, 6.07) is 19.0. The van der Waals surface area contributed by atoms with E-state index in [9.17, 15) is 9.59 Å². The molecule has 0 aromatic heterocycles. The number of amides is 3. The Morgan fingerprint density at radius 1 is 1.05 bits per heavy atom. The number of benzene rings is 3. The number of nitrogens with zero attached hydrogens (tertiary/aromatic N) is 3. The van der Waals surface area contributed by atoms with Crippen molar-refractivity contribution < 1.29 is 19.1 Å². The monoisotopic (exact) mass is 540 g/mol. The Hall–Kier alpha value is -4.20. The molecule has 3 aliphatic heterocycles. The molecule has 208 valence electrons. The van der Waals surface area contributed by atoms with Gasteiger partial charge in [0, 0.05) is 49.4 Å². The predicted molar refractivity (Wildman–Crippen MR) is 155 cm³/mol. The fourth-order valence-corrected chi connectivity index (χ4v) is 6.21. The summed E-state index contributed by atoms with van der Waals surface area (Å²) >= 11 is 0. The number of aryl methyl sites for hydroxylation is 1. The van der Waals surface area contributed by atoms with E-state index in [2.05, 4.69) is 42.3 Å². The number of carbonyl (C=O) groups is 2. The van der Waals surface area contributed by atoms with Crippen molar-refractivity contribution in [2.24, 2.45) is 0 Å². The highest BCUT2D eigenvalue weighted by molar-refractivity contribution is 5.99. The fourth-order valence-electron chi connectivity index (χ4n) is 6.21. The number of para-hydroxylation sites is 1. The van der Waals surface area contributed by atoms with Crippen LogP contribution in [0.3, 0.4) is 0 Å². The molecule has 0 radical (unpaired) electrons. The molecule has 0 spiro atoms. The van der Waals surface area contributed by atoms with Crippen LogP contribution in [-0.2, 0) is 0 Å². The van der Waals surface area contributed by atoms with Crippen molar-refractivity contribution in [3.05, 3.63) is 82.9 Å². The number of rotatable bonds is 5. The quantitative estimate of drug-likeness (QED) is 0.467. The highest BCUT2D eigenvalue weighted by atomic mass is 16.5. The van der Waals surface area contributed by atoms with Crippen molar-refractivity contribution in [1.82, 2.24) is 10.2 Å². The standard InChI is InChI=1S/C32H36N4O4/c1-5-39-28-14-8-12-25-26-20-32(4,40-29(25)28)36(31(38)33-26)24-11-7-10-23(19-24)30(37)35-17-15-34(16-18-35)27-13-6-9-21(2)22(27)3/h6-14,19,26H,5,15-18,20H2,1-4H3,(H,33,38). The molecular weight excluding hydrogens is 504 g/mol. The van der Waals surface area contributed by atoms with E-state index in [-0.39, 0.29) is 18.0 Å². The first-order valence-corrected chi connectivity index (χ1v) is 14.0.